The lowest BCUT2D eigenvalue weighted by molar-refractivity contribution is -0.123. The van der Waals surface area contributed by atoms with Gasteiger partial charge in [0.2, 0.25) is 5.91 Å². The second-order valence-corrected chi connectivity index (χ2v) is 4.43. The Morgan fingerprint density at radius 3 is 2.60 bits per heavy atom. The number of amides is 1. The summed E-state index contributed by atoms with van der Waals surface area (Å²) in [6, 6.07) is 0.506. The number of hydrogen-bond donors (Lipinski definition) is 2. The summed E-state index contributed by atoms with van der Waals surface area (Å²) >= 11 is 0. The molecule has 0 aliphatic carbocycles. The van der Waals surface area contributed by atoms with Gasteiger partial charge in [-0.3, -0.25) is 4.79 Å². The molecule has 1 heterocycles. The maximum absolute atomic E-state index is 11.0. The molecule has 1 saturated heterocycles. The Hall–Kier alpha value is -0.610. The van der Waals surface area contributed by atoms with Gasteiger partial charge in [0.15, 0.2) is 0 Å². The van der Waals surface area contributed by atoms with E-state index in [2.05, 4.69) is 11.8 Å². The molecule has 4 nitrogen and oxygen atoms in total. The highest BCUT2D eigenvalue weighted by Crippen LogP contribution is 2.19. The van der Waals surface area contributed by atoms with Crippen LogP contribution in [0.25, 0.3) is 0 Å². The Morgan fingerprint density at radius 1 is 1.53 bits per heavy atom. The van der Waals surface area contributed by atoms with Gasteiger partial charge in [0.1, 0.15) is 0 Å². The Balaban J connectivity index is 2.27. The number of nitrogens with two attached hydrogens (primary N) is 1. The molecular formula is C11H22N2O2. The molecule has 0 aromatic heterocycles. The fourth-order valence-corrected chi connectivity index (χ4v) is 2.19. The molecule has 1 fully saturated rings. The van der Waals surface area contributed by atoms with E-state index in [4.69, 9.17) is 10.8 Å². The van der Waals surface area contributed by atoms with Crippen LogP contribution in [-0.2, 0) is 4.79 Å². The maximum Gasteiger partial charge on any atom is 0.220 e. The Bertz CT molecular complexity index is 201. The van der Waals surface area contributed by atoms with Crippen LogP contribution in [0.1, 0.15) is 32.6 Å². The lowest BCUT2D eigenvalue weighted by Crippen LogP contribution is -2.42. The van der Waals surface area contributed by atoms with Crippen molar-refractivity contribution in [1.82, 2.24) is 4.90 Å². The van der Waals surface area contributed by atoms with Crippen LogP contribution in [-0.4, -0.2) is 41.7 Å². The van der Waals surface area contributed by atoms with E-state index in [1.807, 2.05) is 0 Å². The second kappa shape index (κ2) is 6.08. The van der Waals surface area contributed by atoms with Gasteiger partial charge >= 0.3 is 0 Å². The number of aliphatic hydroxyl groups is 1. The predicted molar refractivity (Wildman–Crippen MR) is 59.3 cm³/mol. The number of likely N-dealkylation sites (tertiary alicyclic amines) is 1. The zero-order chi connectivity index (χ0) is 11.3. The van der Waals surface area contributed by atoms with E-state index in [9.17, 15) is 4.79 Å². The fourth-order valence-electron chi connectivity index (χ4n) is 2.19. The standard InChI is InChI=1S/C11H22N2O2/c1-9(3-2-8-14)13-6-4-10(5-7-13)11(12)15/h9-10,14H,2-8H2,1H3,(H2,12,15)/t9-/m0/s1. The Kier molecular flexibility index (Phi) is 5.05. The van der Waals surface area contributed by atoms with Gasteiger partial charge in [-0.15, -0.1) is 0 Å². The molecule has 1 amide bonds. The SMILES string of the molecule is C[C@@H](CCCO)N1CCC(C(N)=O)CC1. The topological polar surface area (TPSA) is 66.6 Å². The van der Waals surface area contributed by atoms with Crippen LogP contribution in [0.3, 0.4) is 0 Å². The van der Waals surface area contributed by atoms with E-state index >= 15 is 0 Å². The Labute approximate surface area is 91.4 Å². The highest BCUT2D eigenvalue weighted by Gasteiger charge is 2.25. The average Bonchev–Trinajstić information content (AvgIpc) is 2.26. The number of hydrogen-bond acceptors (Lipinski definition) is 3. The minimum absolute atomic E-state index is 0.0753. The number of carbonyl (C=O) groups excluding carboxylic acids is 1. The second-order valence-electron chi connectivity index (χ2n) is 4.43. The van der Waals surface area contributed by atoms with Gasteiger partial charge in [0, 0.05) is 18.6 Å². The number of aliphatic hydroxyl groups excluding tert-OH is 1. The lowest BCUT2D eigenvalue weighted by atomic mass is 9.95. The van der Waals surface area contributed by atoms with E-state index in [1.54, 1.807) is 0 Å². The van der Waals surface area contributed by atoms with Gasteiger partial charge in [-0.05, 0) is 45.7 Å². The van der Waals surface area contributed by atoms with E-state index in [0.29, 0.717) is 6.04 Å². The zero-order valence-corrected chi connectivity index (χ0v) is 9.48. The highest BCUT2D eigenvalue weighted by molar-refractivity contribution is 5.76. The van der Waals surface area contributed by atoms with Gasteiger partial charge in [-0.25, -0.2) is 0 Å². The van der Waals surface area contributed by atoms with Crippen molar-refractivity contribution in [3.63, 3.8) is 0 Å². The molecule has 0 bridgehead atoms. The predicted octanol–water partition coefficient (Wildman–Crippen LogP) is 0.345. The first kappa shape index (κ1) is 12.5. The average molecular weight is 214 g/mol. The quantitative estimate of drug-likeness (QED) is 0.693. The van der Waals surface area contributed by atoms with Crippen molar-refractivity contribution in [1.29, 1.82) is 0 Å². The van der Waals surface area contributed by atoms with Gasteiger partial charge in [0.05, 0.1) is 0 Å². The molecule has 1 aliphatic heterocycles. The molecule has 1 aliphatic rings. The summed E-state index contributed by atoms with van der Waals surface area (Å²) in [6.07, 6.45) is 3.66. The summed E-state index contributed by atoms with van der Waals surface area (Å²) in [6.45, 7) is 4.36. The number of rotatable bonds is 5. The molecule has 15 heavy (non-hydrogen) atoms. The molecule has 0 aromatic rings. The van der Waals surface area contributed by atoms with Crippen LogP contribution in [0, 0.1) is 5.92 Å². The van der Waals surface area contributed by atoms with Crippen LogP contribution >= 0.6 is 0 Å². The summed E-state index contributed by atoms with van der Waals surface area (Å²) in [7, 11) is 0. The van der Waals surface area contributed by atoms with Gasteiger partial charge in [-0.1, -0.05) is 0 Å². The Morgan fingerprint density at radius 2 is 2.13 bits per heavy atom. The lowest BCUT2D eigenvalue weighted by Gasteiger charge is -2.35. The third kappa shape index (κ3) is 3.80. The normalized spacial score (nSPS) is 21.5. The largest absolute Gasteiger partial charge is 0.396 e. The van der Waals surface area contributed by atoms with Crippen molar-refractivity contribution >= 4 is 5.91 Å². The minimum Gasteiger partial charge on any atom is -0.396 e. The van der Waals surface area contributed by atoms with E-state index in [0.717, 1.165) is 38.8 Å². The van der Waals surface area contributed by atoms with Crippen molar-refractivity contribution < 1.29 is 9.90 Å². The molecule has 1 atom stereocenters. The van der Waals surface area contributed by atoms with Gasteiger partial charge in [-0.2, -0.15) is 0 Å². The van der Waals surface area contributed by atoms with E-state index < -0.39 is 0 Å². The molecule has 0 saturated carbocycles. The third-order valence-corrected chi connectivity index (χ3v) is 3.34. The third-order valence-electron chi connectivity index (χ3n) is 3.34. The van der Waals surface area contributed by atoms with Crippen LogP contribution in [0.5, 0.6) is 0 Å². The van der Waals surface area contributed by atoms with E-state index in [1.165, 1.54) is 0 Å². The molecule has 0 unspecified atom stereocenters. The number of carbonyl (C=O) groups is 1. The molecule has 0 radical (unpaired) electrons. The van der Waals surface area contributed by atoms with Gasteiger partial charge < -0.3 is 15.7 Å². The first-order chi connectivity index (χ1) is 7.15. The summed E-state index contributed by atoms with van der Waals surface area (Å²) in [4.78, 5) is 13.4. The van der Waals surface area contributed by atoms with E-state index in [-0.39, 0.29) is 18.4 Å². The molecule has 4 heteroatoms. The molecular weight excluding hydrogens is 192 g/mol. The summed E-state index contributed by atoms with van der Waals surface area (Å²) < 4.78 is 0. The molecule has 0 aromatic carbocycles. The van der Waals surface area contributed by atoms with Gasteiger partial charge in [0.25, 0.3) is 0 Å². The van der Waals surface area contributed by atoms with Crippen LogP contribution in [0.4, 0.5) is 0 Å². The number of piperidine rings is 1. The van der Waals surface area contributed by atoms with Crippen molar-refractivity contribution in [2.24, 2.45) is 11.7 Å². The molecule has 88 valence electrons. The summed E-state index contributed by atoms with van der Waals surface area (Å²) in [5.41, 5.74) is 5.28. The monoisotopic (exact) mass is 214 g/mol. The van der Waals surface area contributed by atoms with Crippen LogP contribution in [0.2, 0.25) is 0 Å². The first-order valence-electron chi connectivity index (χ1n) is 5.79. The smallest absolute Gasteiger partial charge is 0.220 e. The summed E-state index contributed by atoms with van der Waals surface area (Å²) in [5.74, 6) is -0.0797. The first-order valence-corrected chi connectivity index (χ1v) is 5.79. The van der Waals surface area contributed by atoms with Crippen LogP contribution in [0.15, 0.2) is 0 Å². The van der Waals surface area contributed by atoms with Crippen molar-refractivity contribution in [2.45, 2.75) is 38.6 Å². The maximum atomic E-state index is 11.0. The van der Waals surface area contributed by atoms with Crippen molar-refractivity contribution in [2.75, 3.05) is 19.7 Å². The van der Waals surface area contributed by atoms with Crippen molar-refractivity contribution in [3.8, 4) is 0 Å². The zero-order valence-electron chi connectivity index (χ0n) is 9.48. The molecule has 1 rings (SSSR count). The number of primary amides is 1. The highest BCUT2D eigenvalue weighted by atomic mass is 16.2. The minimum atomic E-state index is -0.155. The molecule has 3 N–H and O–H groups in total. The van der Waals surface area contributed by atoms with Crippen LogP contribution < -0.4 is 5.73 Å². The summed E-state index contributed by atoms with van der Waals surface area (Å²) in [5, 5.41) is 8.75. The molecule has 0 spiro atoms. The number of nitrogens with zero attached hydrogens (tertiary/aromatic N) is 1. The fraction of sp³-hybridized carbons (Fsp3) is 0.909. The van der Waals surface area contributed by atoms with Crippen molar-refractivity contribution in [3.05, 3.63) is 0 Å².